The molecule has 2 amide bonds. The number of carboxylic acids is 1. The van der Waals surface area contributed by atoms with E-state index in [9.17, 15) is 9.59 Å². The summed E-state index contributed by atoms with van der Waals surface area (Å²) < 4.78 is 0. The maximum atomic E-state index is 11.8. The van der Waals surface area contributed by atoms with Crippen molar-refractivity contribution < 1.29 is 14.7 Å². The average Bonchev–Trinajstić information content (AvgIpc) is 2.38. The van der Waals surface area contributed by atoms with E-state index in [0.717, 1.165) is 24.3 Å². The Balaban J connectivity index is 2.22. The summed E-state index contributed by atoms with van der Waals surface area (Å²) in [5.41, 5.74) is 0. The zero-order chi connectivity index (χ0) is 13.4. The lowest BCUT2D eigenvalue weighted by atomic mass is 9.99. The van der Waals surface area contributed by atoms with Gasteiger partial charge in [-0.15, -0.1) is 0 Å². The van der Waals surface area contributed by atoms with Gasteiger partial charge in [-0.2, -0.15) is 11.8 Å². The zero-order valence-electron chi connectivity index (χ0n) is 10.9. The first-order valence-corrected chi connectivity index (χ1v) is 7.64. The van der Waals surface area contributed by atoms with E-state index in [2.05, 4.69) is 12.2 Å². The van der Waals surface area contributed by atoms with Crippen molar-refractivity contribution in [2.75, 3.05) is 31.1 Å². The van der Waals surface area contributed by atoms with Crippen molar-refractivity contribution in [2.24, 2.45) is 5.92 Å². The molecular formula is C12H22N2O3S. The lowest BCUT2D eigenvalue weighted by Crippen LogP contribution is -2.47. The van der Waals surface area contributed by atoms with E-state index in [1.807, 2.05) is 11.8 Å². The van der Waals surface area contributed by atoms with E-state index in [1.165, 1.54) is 0 Å². The second-order valence-corrected chi connectivity index (χ2v) is 5.80. The number of piperidine rings is 1. The SMILES string of the molecule is CCSCCCNC(=O)N1CCCC(C(=O)O)C1. The van der Waals surface area contributed by atoms with Crippen molar-refractivity contribution in [1.82, 2.24) is 10.2 Å². The minimum Gasteiger partial charge on any atom is -0.481 e. The van der Waals surface area contributed by atoms with Crippen LogP contribution >= 0.6 is 11.8 Å². The van der Waals surface area contributed by atoms with Crippen molar-refractivity contribution >= 4 is 23.8 Å². The molecule has 1 aliphatic rings. The Labute approximate surface area is 112 Å². The lowest BCUT2D eigenvalue weighted by molar-refractivity contribution is -0.143. The molecule has 1 atom stereocenters. The highest BCUT2D eigenvalue weighted by Crippen LogP contribution is 2.16. The second-order valence-electron chi connectivity index (χ2n) is 4.41. The van der Waals surface area contributed by atoms with Gasteiger partial charge >= 0.3 is 12.0 Å². The van der Waals surface area contributed by atoms with Crippen LogP contribution in [0.15, 0.2) is 0 Å². The van der Waals surface area contributed by atoms with Gasteiger partial charge in [-0.05, 0) is 30.8 Å². The molecule has 18 heavy (non-hydrogen) atoms. The monoisotopic (exact) mass is 274 g/mol. The minimum absolute atomic E-state index is 0.123. The molecule has 1 unspecified atom stereocenters. The van der Waals surface area contributed by atoms with Crippen LogP contribution in [0, 0.1) is 5.92 Å². The van der Waals surface area contributed by atoms with Gasteiger partial charge < -0.3 is 15.3 Å². The predicted molar refractivity (Wildman–Crippen MR) is 72.9 cm³/mol. The number of nitrogens with one attached hydrogen (secondary N) is 1. The highest BCUT2D eigenvalue weighted by molar-refractivity contribution is 7.99. The predicted octanol–water partition coefficient (Wildman–Crippen LogP) is 1.64. The molecule has 0 spiro atoms. The molecule has 0 aliphatic carbocycles. The number of urea groups is 1. The second kappa shape index (κ2) is 8.24. The minimum atomic E-state index is -0.799. The Morgan fingerprint density at radius 1 is 1.50 bits per heavy atom. The molecule has 6 heteroatoms. The van der Waals surface area contributed by atoms with Crippen molar-refractivity contribution in [3.63, 3.8) is 0 Å². The first-order valence-electron chi connectivity index (χ1n) is 6.48. The number of carbonyl (C=O) groups excluding carboxylic acids is 1. The van der Waals surface area contributed by atoms with Crippen LogP contribution in [-0.2, 0) is 4.79 Å². The third-order valence-electron chi connectivity index (χ3n) is 3.00. The van der Waals surface area contributed by atoms with E-state index < -0.39 is 11.9 Å². The van der Waals surface area contributed by atoms with Crippen molar-refractivity contribution in [3.8, 4) is 0 Å². The van der Waals surface area contributed by atoms with Crippen LogP contribution in [0.3, 0.4) is 0 Å². The largest absolute Gasteiger partial charge is 0.481 e. The average molecular weight is 274 g/mol. The molecule has 1 saturated heterocycles. The topological polar surface area (TPSA) is 69.6 Å². The van der Waals surface area contributed by atoms with Gasteiger partial charge in [0.1, 0.15) is 0 Å². The summed E-state index contributed by atoms with van der Waals surface area (Å²) in [5, 5.41) is 11.8. The van der Waals surface area contributed by atoms with Crippen LogP contribution in [-0.4, -0.2) is 53.1 Å². The van der Waals surface area contributed by atoms with Crippen LogP contribution < -0.4 is 5.32 Å². The smallest absolute Gasteiger partial charge is 0.317 e. The van der Waals surface area contributed by atoms with Crippen molar-refractivity contribution in [1.29, 1.82) is 0 Å². The number of amides is 2. The molecule has 104 valence electrons. The Hall–Kier alpha value is -0.910. The first-order chi connectivity index (χ1) is 8.65. The van der Waals surface area contributed by atoms with E-state index >= 15 is 0 Å². The maximum Gasteiger partial charge on any atom is 0.317 e. The number of nitrogens with zero attached hydrogens (tertiary/aromatic N) is 1. The molecule has 1 fully saturated rings. The van der Waals surface area contributed by atoms with Gasteiger partial charge in [0, 0.05) is 19.6 Å². The molecule has 1 rings (SSSR count). The van der Waals surface area contributed by atoms with Gasteiger partial charge in [0.2, 0.25) is 0 Å². The highest BCUT2D eigenvalue weighted by Gasteiger charge is 2.27. The van der Waals surface area contributed by atoms with Crippen LogP contribution in [0.4, 0.5) is 4.79 Å². The van der Waals surface area contributed by atoms with E-state index in [1.54, 1.807) is 4.90 Å². The summed E-state index contributed by atoms with van der Waals surface area (Å²) in [6.45, 7) is 3.79. The molecule has 1 aliphatic heterocycles. The normalized spacial score (nSPS) is 19.6. The fourth-order valence-electron chi connectivity index (χ4n) is 1.99. The van der Waals surface area contributed by atoms with Crippen LogP contribution in [0.1, 0.15) is 26.2 Å². The molecule has 0 bridgehead atoms. The molecule has 0 radical (unpaired) electrons. The summed E-state index contributed by atoms with van der Waals surface area (Å²) in [6.07, 6.45) is 2.41. The summed E-state index contributed by atoms with van der Waals surface area (Å²) in [5.74, 6) is 0.946. The standard InChI is InChI=1S/C12H22N2O3S/c1-2-18-8-4-6-13-12(17)14-7-3-5-10(9-14)11(15)16/h10H,2-9H2,1H3,(H,13,17)(H,15,16). The van der Waals surface area contributed by atoms with Crippen molar-refractivity contribution in [3.05, 3.63) is 0 Å². The van der Waals surface area contributed by atoms with Crippen LogP contribution in [0.5, 0.6) is 0 Å². The third-order valence-corrected chi connectivity index (χ3v) is 3.99. The molecule has 2 N–H and O–H groups in total. The number of thioether (sulfide) groups is 1. The van der Waals surface area contributed by atoms with Crippen LogP contribution in [0.2, 0.25) is 0 Å². The zero-order valence-corrected chi connectivity index (χ0v) is 11.7. The van der Waals surface area contributed by atoms with Gasteiger partial charge in [-0.25, -0.2) is 4.79 Å². The number of hydrogen-bond acceptors (Lipinski definition) is 3. The Morgan fingerprint density at radius 2 is 2.28 bits per heavy atom. The number of hydrogen-bond donors (Lipinski definition) is 2. The number of carbonyl (C=O) groups is 2. The third kappa shape index (κ3) is 5.16. The molecule has 1 heterocycles. The van der Waals surface area contributed by atoms with Gasteiger partial charge in [0.25, 0.3) is 0 Å². The maximum absolute atomic E-state index is 11.8. The molecular weight excluding hydrogens is 252 g/mol. The lowest BCUT2D eigenvalue weighted by Gasteiger charge is -2.30. The van der Waals surface area contributed by atoms with Gasteiger partial charge in [-0.1, -0.05) is 6.92 Å². The molecule has 0 aromatic carbocycles. The number of carboxylic acid groups (broad SMARTS) is 1. The van der Waals surface area contributed by atoms with Gasteiger partial charge in [0.15, 0.2) is 0 Å². The quantitative estimate of drug-likeness (QED) is 0.722. The number of likely N-dealkylation sites (tertiary alicyclic amines) is 1. The number of aliphatic carboxylic acids is 1. The molecule has 0 aromatic rings. The Bertz CT molecular complexity index is 286. The van der Waals surface area contributed by atoms with E-state index in [-0.39, 0.29) is 6.03 Å². The van der Waals surface area contributed by atoms with E-state index in [0.29, 0.717) is 26.1 Å². The first kappa shape index (κ1) is 15.1. The van der Waals surface area contributed by atoms with Gasteiger partial charge in [-0.3, -0.25) is 4.79 Å². The van der Waals surface area contributed by atoms with Crippen LogP contribution in [0.25, 0.3) is 0 Å². The highest BCUT2D eigenvalue weighted by atomic mass is 32.2. The summed E-state index contributed by atoms with van der Waals surface area (Å²) in [6, 6.07) is -0.123. The molecule has 0 saturated carbocycles. The molecule has 5 nitrogen and oxygen atoms in total. The van der Waals surface area contributed by atoms with Gasteiger partial charge in [0.05, 0.1) is 5.92 Å². The summed E-state index contributed by atoms with van der Waals surface area (Å²) in [4.78, 5) is 24.3. The summed E-state index contributed by atoms with van der Waals surface area (Å²) in [7, 11) is 0. The summed E-state index contributed by atoms with van der Waals surface area (Å²) >= 11 is 1.86. The Kier molecular flexibility index (Phi) is 6.93. The fourth-order valence-corrected chi connectivity index (χ4v) is 2.63. The Morgan fingerprint density at radius 3 is 2.94 bits per heavy atom. The fraction of sp³-hybridized carbons (Fsp3) is 0.833. The van der Waals surface area contributed by atoms with E-state index in [4.69, 9.17) is 5.11 Å². The number of rotatable bonds is 6. The molecule has 0 aromatic heterocycles. The van der Waals surface area contributed by atoms with Crippen molar-refractivity contribution in [2.45, 2.75) is 26.2 Å².